The summed E-state index contributed by atoms with van der Waals surface area (Å²) in [7, 11) is -0.289. The highest BCUT2D eigenvalue weighted by molar-refractivity contribution is 6.65. The first-order valence-corrected chi connectivity index (χ1v) is 6.32. The van der Waals surface area contributed by atoms with Gasteiger partial charge in [-0.1, -0.05) is 0 Å². The summed E-state index contributed by atoms with van der Waals surface area (Å²) in [5.74, 6) is -2.68. The molecular formula is C12H10BFN2O7. The maximum absolute atomic E-state index is 13.7. The minimum Gasteiger partial charge on any atom is -0.494 e. The van der Waals surface area contributed by atoms with Crippen molar-refractivity contribution >= 4 is 36.5 Å². The number of hydrogen-bond donors (Lipinski definition) is 0. The van der Waals surface area contributed by atoms with Crippen LogP contribution in [0, 0.1) is 15.9 Å². The molecule has 0 N–H and O–H groups in total. The quantitative estimate of drug-likeness (QED) is 0.309. The van der Waals surface area contributed by atoms with E-state index < -0.39 is 46.5 Å². The molecule has 1 aliphatic rings. The molecule has 23 heavy (non-hydrogen) atoms. The molecule has 1 heterocycles. The van der Waals surface area contributed by atoms with Crippen molar-refractivity contribution < 1.29 is 33.0 Å². The van der Waals surface area contributed by atoms with Gasteiger partial charge in [0.2, 0.25) is 0 Å². The second kappa shape index (κ2) is 6.52. The molecule has 0 radical (unpaired) electrons. The summed E-state index contributed by atoms with van der Waals surface area (Å²) >= 11 is 0. The van der Waals surface area contributed by atoms with Gasteiger partial charge in [-0.05, 0) is 13.1 Å². The highest BCUT2D eigenvalue weighted by atomic mass is 19.1. The van der Waals surface area contributed by atoms with Crippen LogP contribution in [0.3, 0.4) is 0 Å². The van der Waals surface area contributed by atoms with E-state index >= 15 is 0 Å². The lowest BCUT2D eigenvalue weighted by molar-refractivity contribution is -0.383. The molecule has 0 saturated carbocycles. The van der Waals surface area contributed by atoms with E-state index in [-0.39, 0.29) is 19.4 Å². The Balaban J connectivity index is 2.47. The summed E-state index contributed by atoms with van der Waals surface area (Å²) in [5.41, 5.74) is -1.71. The molecule has 0 unspecified atom stereocenters. The minimum atomic E-state index is -1.76. The van der Waals surface area contributed by atoms with E-state index in [9.17, 15) is 28.9 Å². The summed E-state index contributed by atoms with van der Waals surface area (Å²) in [4.78, 5) is 45.5. The number of aldehydes is 1. The third-order valence-corrected chi connectivity index (χ3v) is 3.00. The van der Waals surface area contributed by atoms with Crippen molar-refractivity contribution in [3.05, 3.63) is 33.6 Å². The zero-order chi connectivity index (χ0) is 17.1. The Morgan fingerprint density at radius 3 is 2.35 bits per heavy atom. The molecule has 0 aromatic heterocycles. The van der Waals surface area contributed by atoms with Crippen LogP contribution in [-0.2, 0) is 18.9 Å². The Hall–Kier alpha value is -2.82. The third kappa shape index (κ3) is 3.69. The van der Waals surface area contributed by atoms with Crippen LogP contribution in [0.5, 0.6) is 0 Å². The SMILES string of the molecule is CN1CC(=O)OB(c2cc(F)c(C=O)cc2[N+](=O)[O-])OC(=O)C1. The molecule has 1 fully saturated rings. The number of benzene rings is 1. The second-order valence-electron chi connectivity index (χ2n) is 4.79. The van der Waals surface area contributed by atoms with Crippen LogP contribution in [0.25, 0.3) is 0 Å². The topological polar surface area (TPSA) is 116 Å². The van der Waals surface area contributed by atoms with Crippen LogP contribution in [0.1, 0.15) is 10.4 Å². The Bertz CT molecular complexity index is 676. The molecule has 0 spiro atoms. The first kappa shape index (κ1) is 16.6. The molecule has 1 aliphatic heterocycles. The molecule has 1 aromatic carbocycles. The summed E-state index contributed by atoms with van der Waals surface area (Å²) in [6.45, 7) is -0.484. The summed E-state index contributed by atoms with van der Waals surface area (Å²) < 4.78 is 23.5. The van der Waals surface area contributed by atoms with Gasteiger partial charge in [0.15, 0.2) is 6.29 Å². The lowest BCUT2D eigenvalue weighted by Gasteiger charge is -2.22. The number of hydrogen-bond acceptors (Lipinski definition) is 8. The minimum absolute atomic E-state index is 0.108. The monoisotopic (exact) mass is 324 g/mol. The Morgan fingerprint density at radius 1 is 1.30 bits per heavy atom. The number of nitrogens with zero attached hydrogens (tertiary/aromatic N) is 2. The van der Waals surface area contributed by atoms with Gasteiger partial charge in [-0.25, -0.2) is 4.39 Å². The van der Waals surface area contributed by atoms with Crippen LogP contribution in [0.4, 0.5) is 10.1 Å². The van der Waals surface area contributed by atoms with Gasteiger partial charge in [0.25, 0.3) is 5.69 Å². The van der Waals surface area contributed by atoms with Crippen LogP contribution >= 0.6 is 0 Å². The highest BCUT2D eigenvalue weighted by Gasteiger charge is 2.39. The summed E-state index contributed by atoms with van der Waals surface area (Å²) in [6, 6.07) is 1.32. The first-order chi connectivity index (χ1) is 10.8. The molecule has 0 amide bonds. The number of nitro benzene ring substituents is 1. The van der Waals surface area contributed by atoms with E-state index in [1.54, 1.807) is 0 Å². The predicted molar refractivity (Wildman–Crippen MR) is 73.5 cm³/mol. The molecule has 11 heteroatoms. The van der Waals surface area contributed by atoms with Gasteiger partial charge in [0, 0.05) is 6.07 Å². The number of carbonyl (C=O) groups is 3. The summed E-state index contributed by atoms with van der Waals surface area (Å²) in [6.07, 6.45) is 0.108. The van der Waals surface area contributed by atoms with Crippen molar-refractivity contribution in [1.29, 1.82) is 0 Å². The molecule has 0 bridgehead atoms. The fourth-order valence-corrected chi connectivity index (χ4v) is 1.99. The van der Waals surface area contributed by atoms with E-state index in [2.05, 4.69) is 0 Å². The zero-order valence-electron chi connectivity index (χ0n) is 11.9. The Kier molecular flexibility index (Phi) is 4.70. The number of halogens is 1. The van der Waals surface area contributed by atoms with Crippen LogP contribution in [0.15, 0.2) is 12.1 Å². The van der Waals surface area contributed by atoms with Crippen LogP contribution < -0.4 is 5.46 Å². The molecule has 9 nitrogen and oxygen atoms in total. The van der Waals surface area contributed by atoms with E-state index in [4.69, 9.17) is 9.31 Å². The standard InChI is InChI=1S/C12H10BFN2O7/c1-15-4-11(18)22-13(23-12(19)5-15)8-3-9(14)7(6-17)2-10(8)16(20)21/h2-3,6H,4-5H2,1H3. The molecular weight excluding hydrogens is 314 g/mol. The number of nitro groups is 1. The van der Waals surface area contributed by atoms with Gasteiger partial charge < -0.3 is 9.31 Å². The first-order valence-electron chi connectivity index (χ1n) is 6.32. The number of likely N-dealkylation sites (N-methyl/N-ethyl adjacent to an activating group) is 1. The normalized spacial score (nSPS) is 16.2. The average Bonchev–Trinajstić information content (AvgIpc) is 2.44. The second-order valence-corrected chi connectivity index (χ2v) is 4.79. The lowest BCUT2D eigenvalue weighted by Crippen LogP contribution is -2.48. The number of carbonyl (C=O) groups excluding carboxylic acids is 3. The third-order valence-electron chi connectivity index (χ3n) is 3.00. The number of rotatable bonds is 3. The fourth-order valence-electron chi connectivity index (χ4n) is 1.99. The Morgan fingerprint density at radius 2 is 1.87 bits per heavy atom. The van der Waals surface area contributed by atoms with E-state index in [0.29, 0.717) is 12.1 Å². The van der Waals surface area contributed by atoms with Gasteiger partial charge in [0.05, 0.1) is 29.0 Å². The van der Waals surface area contributed by atoms with Gasteiger partial charge in [0.1, 0.15) is 5.82 Å². The van der Waals surface area contributed by atoms with Crippen molar-refractivity contribution in [2.45, 2.75) is 0 Å². The van der Waals surface area contributed by atoms with Gasteiger partial charge >= 0.3 is 19.1 Å². The molecule has 2 rings (SSSR count). The van der Waals surface area contributed by atoms with E-state index in [0.717, 1.165) is 0 Å². The highest BCUT2D eigenvalue weighted by Crippen LogP contribution is 2.16. The van der Waals surface area contributed by atoms with Crippen molar-refractivity contribution in [3.8, 4) is 0 Å². The molecule has 1 aromatic rings. The van der Waals surface area contributed by atoms with Crippen LogP contribution in [0.2, 0.25) is 0 Å². The van der Waals surface area contributed by atoms with Crippen molar-refractivity contribution in [1.82, 2.24) is 4.90 Å². The van der Waals surface area contributed by atoms with Gasteiger partial charge in [-0.15, -0.1) is 0 Å². The molecule has 1 saturated heterocycles. The predicted octanol–water partition coefficient (Wildman–Crippen LogP) is -0.727. The van der Waals surface area contributed by atoms with E-state index in [1.165, 1.54) is 11.9 Å². The lowest BCUT2D eigenvalue weighted by atomic mass is 9.76. The summed E-state index contributed by atoms with van der Waals surface area (Å²) in [5, 5.41) is 11.1. The average molecular weight is 324 g/mol. The smallest absolute Gasteiger partial charge is 0.494 e. The van der Waals surface area contributed by atoms with Gasteiger partial charge in [-0.3, -0.25) is 29.4 Å². The van der Waals surface area contributed by atoms with Gasteiger partial charge in [-0.2, -0.15) is 0 Å². The van der Waals surface area contributed by atoms with Crippen LogP contribution in [-0.4, -0.2) is 55.3 Å². The largest absolute Gasteiger partial charge is 0.643 e. The molecule has 0 aliphatic carbocycles. The fraction of sp³-hybridized carbons (Fsp3) is 0.250. The molecule has 0 atom stereocenters. The Labute approximate surface area is 129 Å². The molecule has 120 valence electrons. The van der Waals surface area contributed by atoms with E-state index in [1.807, 2.05) is 0 Å². The zero-order valence-corrected chi connectivity index (χ0v) is 11.9. The van der Waals surface area contributed by atoms with Crippen molar-refractivity contribution in [2.75, 3.05) is 20.1 Å². The maximum atomic E-state index is 13.7. The van der Waals surface area contributed by atoms with Crippen molar-refractivity contribution in [3.63, 3.8) is 0 Å². The maximum Gasteiger partial charge on any atom is 0.643 e. The van der Waals surface area contributed by atoms with Crippen molar-refractivity contribution in [2.24, 2.45) is 0 Å².